The maximum Gasteiger partial charge on any atom is 0.125 e. The van der Waals surface area contributed by atoms with E-state index in [4.69, 9.17) is 0 Å². The van der Waals surface area contributed by atoms with Crippen LogP contribution in [0.2, 0.25) is 0 Å². The highest BCUT2D eigenvalue weighted by Crippen LogP contribution is 2.45. The topological polar surface area (TPSA) is 15.3 Å². The van der Waals surface area contributed by atoms with Gasteiger partial charge in [-0.2, -0.15) is 0 Å². The summed E-state index contributed by atoms with van der Waals surface area (Å²) in [6.07, 6.45) is 3.14. The van der Waals surface area contributed by atoms with Gasteiger partial charge in [-0.05, 0) is 24.1 Å². The summed E-state index contributed by atoms with van der Waals surface area (Å²) in [5, 5.41) is 3.24. The zero-order valence-corrected chi connectivity index (χ0v) is 8.63. The number of nitrogens with one attached hydrogen (secondary N) is 1. The number of allylic oxidation sites excluding steroid dienone is 1. The maximum atomic E-state index is 13.2. The Balaban J connectivity index is 2.16. The van der Waals surface area contributed by atoms with Crippen molar-refractivity contribution >= 4 is 5.69 Å². The lowest BCUT2D eigenvalue weighted by molar-refractivity contribution is 0.624. The third kappa shape index (κ3) is 1.16. The fourth-order valence-electron chi connectivity index (χ4n) is 2.54. The minimum Gasteiger partial charge on any atom is -0.389 e. The Morgan fingerprint density at radius 2 is 2.33 bits per heavy atom. The molecule has 1 aromatic rings. The Morgan fingerprint density at radius 3 is 3.20 bits per heavy atom. The van der Waals surface area contributed by atoms with E-state index in [-0.39, 0.29) is 5.82 Å². The molecule has 15 heavy (non-hydrogen) atoms. The summed E-state index contributed by atoms with van der Waals surface area (Å²) < 4.78 is 13.2. The van der Waals surface area contributed by atoms with Crippen LogP contribution in [-0.2, 0) is 0 Å². The molecule has 2 heterocycles. The molecule has 0 amide bonds. The molecule has 3 rings (SSSR count). The Kier molecular flexibility index (Phi) is 1.75. The molecule has 0 fully saturated rings. The summed E-state index contributed by atoms with van der Waals surface area (Å²) in [5.74, 6) is 0.291. The Labute approximate surface area is 88.4 Å². The molecule has 1 unspecified atom stereocenters. The van der Waals surface area contributed by atoms with Gasteiger partial charge in [-0.1, -0.05) is 6.07 Å². The van der Waals surface area contributed by atoms with Crippen molar-refractivity contribution in [3.63, 3.8) is 0 Å². The second kappa shape index (κ2) is 2.99. The van der Waals surface area contributed by atoms with E-state index >= 15 is 0 Å². The third-order valence-electron chi connectivity index (χ3n) is 3.30. The molecule has 0 radical (unpaired) electrons. The zero-order chi connectivity index (χ0) is 10.4. The monoisotopic (exact) mass is 204 g/mol. The van der Waals surface area contributed by atoms with Gasteiger partial charge in [-0.25, -0.2) is 4.39 Å². The van der Waals surface area contributed by atoms with Gasteiger partial charge in [0.15, 0.2) is 0 Å². The maximum absolute atomic E-state index is 13.2. The van der Waals surface area contributed by atoms with E-state index in [0.717, 1.165) is 18.7 Å². The van der Waals surface area contributed by atoms with Gasteiger partial charge in [0.2, 0.25) is 0 Å². The van der Waals surface area contributed by atoms with Crippen LogP contribution in [0.25, 0.3) is 0 Å². The number of benzene rings is 1. The van der Waals surface area contributed by atoms with Gasteiger partial charge >= 0.3 is 0 Å². The van der Waals surface area contributed by atoms with Crippen LogP contribution in [-0.4, -0.2) is 13.6 Å². The molecule has 0 spiro atoms. The molecule has 3 heteroatoms. The lowest BCUT2D eigenvalue weighted by Crippen LogP contribution is -2.24. The molecule has 2 aliphatic rings. The number of likely N-dealkylation sites (N-methyl/N-ethyl adjacent to an activating group) is 1. The fraction of sp³-hybridized carbons (Fsp3) is 0.333. The predicted molar refractivity (Wildman–Crippen MR) is 58.2 cm³/mol. The van der Waals surface area contributed by atoms with E-state index in [1.807, 2.05) is 19.3 Å². The molecule has 1 atom stereocenters. The minimum absolute atomic E-state index is 0.159. The summed E-state index contributed by atoms with van der Waals surface area (Å²) in [6.45, 7) is 0.999. The van der Waals surface area contributed by atoms with Crippen molar-refractivity contribution in [1.29, 1.82) is 0 Å². The molecule has 2 nitrogen and oxygen atoms in total. The summed E-state index contributed by atoms with van der Waals surface area (Å²) in [5.41, 5.74) is 3.52. The van der Waals surface area contributed by atoms with Crippen molar-refractivity contribution in [2.45, 2.75) is 12.3 Å². The average molecular weight is 204 g/mol. The molecule has 0 bridgehead atoms. The second-order valence-corrected chi connectivity index (χ2v) is 4.13. The Bertz CT molecular complexity index is 439. The highest BCUT2D eigenvalue weighted by molar-refractivity contribution is 5.67. The molecule has 0 aromatic heterocycles. The van der Waals surface area contributed by atoms with Crippen molar-refractivity contribution in [3.8, 4) is 0 Å². The van der Waals surface area contributed by atoms with E-state index < -0.39 is 0 Å². The standard InChI is InChI=1S/C12H13FN2/c1-15-11-6-8(13)2-3-9(11)10-4-5-14-7-12(10)15/h2-3,6-7,10,14H,4-5H2,1H3. The molecule has 0 aliphatic carbocycles. The smallest absolute Gasteiger partial charge is 0.125 e. The van der Waals surface area contributed by atoms with E-state index in [0.29, 0.717) is 5.92 Å². The van der Waals surface area contributed by atoms with Gasteiger partial charge in [-0.3, -0.25) is 0 Å². The number of rotatable bonds is 0. The highest BCUT2D eigenvalue weighted by atomic mass is 19.1. The van der Waals surface area contributed by atoms with Crippen LogP contribution >= 0.6 is 0 Å². The molecule has 0 saturated carbocycles. The van der Waals surface area contributed by atoms with Gasteiger partial charge in [0.1, 0.15) is 5.82 Å². The molecule has 1 N–H and O–H groups in total. The molecular formula is C12H13FN2. The largest absolute Gasteiger partial charge is 0.389 e. The van der Waals surface area contributed by atoms with Crippen LogP contribution in [0.1, 0.15) is 17.9 Å². The summed E-state index contributed by atoms with van der Waals surface area (Å²) in [7, 11) is 2.00. The van der Waals surface area contributed by atoms with Crippen LogP contribution in [0.3, 0.4) is 0 Å². The van der Waals surface area contributed by atoms with Crippen molar-refractivity contribution in [2.24, 2.45) is 0 Å². The normalized spacial score (nSPS) is 22.9. The Hall–Kier alpha value is -1.51. The first-order chi connectivity index (χ1) is 7.27. The van der Waals surface area contributed by atoms with Gasteiger partial charge < -0.3 is 10.2 Å². The van der Waals surface area contributed by atoms with Gasteiger partial charge in [0.25, 0.3) is 0 Å². The first-order valence-electron chi connectivity index (χ1n) is 5.24. The molecule has 78 valence electrons. The van der Waals surface area contributed by atoms with Crippen LogP contribution in [0, 0.1) is 5.82 Å². The van der Waals surface area contributed by atoms with Crippen molar-refractivity contribution in [3.05, 3.63) is 41.5 Å². The highest BCUT2D eigenvalue weighted by Gasteiger charge is 2.32. The summed E-state index contributed by atoms with van der Waals surface area (Å²) in [6, 6.07) is 5.09. The molecule has 1 aromatic carbocycles. The van der Waals surface area contributed by atoms with Crippen LogP contribution in [0.5, 0.6) is 0 Å². The number of fused-ring (bicyclic) bond motifs is 3. The average Bonchev–Trinajstić information content (AvgIpc) is 2.54. The summed E-state index contributed by atoms with van der Waals surface area (Å²) in [4.78, 5) is 2.08. The quantitative estimate of drug-likeness (QED) is 0.697. The van der Waals surface area contributed by atoms with Crippen molar-refractivity contribution < 1.29 is 4.39 Å². The molecule has 0 saturated heterocycles. The van der Waals surface area contributed by atoms with E-state index in [9.17, 15) is 4.39 Å². The number of hydrogen-bond acceptors (Lipinski definition) is 2. The number of halogens is 1. The van der Waals surface area contributed by atoms with Crippen molar-refractivity contribution in [1.82, 2.24) is 5.32 Å². The third-order valence-corrected chi connectivity index (χ3v) is 3.30. The van der Waals surface area contributed by atoms with E-state index in [1.54, 1.807) is 12.1 Å². The summed E-state index contributed by atoms with van der Waals surface area (Å²) >= 11 is 0. The fourth-order valence-corrected chi connectivity index (χ4v) is 2.54. The zero-order valence-electron chi connectivity index (χ0n) is 8.63. The van der Waals surface area contributed by atoms with Gasteiger partial charge in [-0.15, -0.1) is 0 Å². The minimum atomic E-state index is -0.159. The van der Waals surface area contributed by atoms with Crippen LogP contribution < -0.4 is 10.2 Å². The van der Waals surface area contributed by atoms with Crippen LogP contribution in [0.15, 0.2) is 30.1 Å². The lowest BCUT2D eigenvalue weighted by Gasteiger charge is -2.22. The predicted octanol–water partition coefficient (Wildman–Crippen LogP) is 2.19. The number of hydrogen-bond donors (Lipinski definition) is 1. The van der Waals surface area contributed by atoms with Gasteiger partial charge in [0.05, 0.1) is 0 Å². The van der Waals surface area contributed by atoms with E-state index in [2.05, 4.69) is 10.2 Å². The first kappa shape index (κ1) is 8.77. The number of anilines is 1. The second-order valence-electron chi connectivity index (χ2n) is 4.13. The Morgan fingerprint density at radius 1 is 1.47 bits per heavy atom. The van der Waals surface area contributed by atoms with E-state index in [1.165, 1.54) is 11.3 Å². The molecule has 2 aliphatic heterocycles. The van der Waals surface area contributed by atoms with Crippen LogP contribution in [0.4, 0.5) is 10.1 Å². The van der Waals surface area contributed by atoms with Gasteiger partial charge in [0, 0.05) is 37.1 Å². The lowest BCUT2D eigenvalue weighted by atomic mass is 9.94. The van der Waals surface area contributed by atoms with Crippen molar-refractivity contribution in [2.75, 3.05) is 18.5 Å². The molecular weight excluding hydrogens is 191 g/mol. The number of nitrogens with zero attached hydrogens (tertiary/aromatic N) is 1. The first-order valence-corrected chi connectivity index (χ1v) is 5.24. The SMILES string of the molecule is CN1C2=CNCCC2c2ccc(F)cc21.